The highest BCUT2D eigenvalue weighted by atomic mass is 16.4. The van der Waals surface area contributed by atoms with Gasteiger partial charge in [0.15, 0.2) is 0 Å². The maximum absolute atomic E-state index is 12.8. The van der Waals surface area contributed by atoms with Crippen LogP contribution in [0, 0.1) is 0 Å². The van der Waals surface area contributed by atoms with Gasteiger partial charge in [-0.2, -0.15) is 0 Å². The molecule has 184 valence electrons. The number of rotatable bonds is 17. The number of hydrogen-bond donors (Lipinski definition) is 8. The third kappa shape index (κ3) is 12.2. The molecule has 13 nitrogen and oxygen atoms in total. The monoisotopic (exact) mass is 459 g/mol. The summed E-state index contributed by atoms with van der Waals surface area (Å²) in [5, 5.41) is 16.1. The molecule has 32 heavy (non-hydrogen) atoms. The highest BCUT2D eigenvalue weighted by Crippen LogP contribution is 2.05. The van der Waals surface area contributed by atoms with Gasteiger partial charge in [-0.1, -0.05) is 6.42 Å². The van der Waals surface area contributed by atoms with Gasteiger partial charge in [0.1, 0.15) is 18.1 Å². The second-order valence-corrected chi connectivity index (χ2v) is 7.54. The van der Waals surface area contributed by atoms with Crippen LogP contribution in [-0.2, 0) is 24.0 Å². The molecule has 0 aliphatic carbocycles. The van der Waals surface area contributed by atoms with Gasteiger partial charge in [0.25, 0.3) is 0 Å². The molecule has 4 atom stereocenters. The number of carbonyl (C=O) groups is 5. The minimum atomic E-state index is -1.41. The molecule has 0 aliphatic heterocycles. The molecule has 0 saturated carbocycles. The van der Waals surface area contributed by atoms with E-state index in [1.54, 1.807) is 0 Å². The number of nitrogens with one attached hydrogen (secondary N) is 3. The van der Waals surface area contributed by atoms with Crippen molar-refractivity contribution >= 4 is 29.6 Å². The molecule has 0 bridgehead atoms. The van der Waals surface area contributed by atoms with Crippen molar-refractivity contribution in [2.75, 3.05) is 13.1 Å². The lowest BCUT2D eigenvalue weighted by Crippen LogP contribution is -2.57. The third-order valence-corrected chi connectivity index (χ3v) is 4.65. The van der Waals surface area contributed by atoms with Crippen LogP contribution >= 0.6 is 0 Å². The van der Waals surface area contributed by atoms with Crippen LogP contribution in [-0.4, -0.2) is 72.0 Å². The van der Waals surface area contributed by atoms with Gasteiger partial charge < -0.3 is 44.0 Å². The molecule has 0 heterocycles. The Morgan fingerprint density at radius 1 is 0.781 bits per heavy atom. The largest absolute Gasteiger partial charge is 0.480 e. The Balaban J connectivity index is 5.29. The third-order valence-electron chi connectivity index (χ3n) is 4.65. The van der Waals surface area contributed by atoms with Crippen LogP contribution in [0.3, 0.4) is 0 Å². The number of hydrogen-bond acceptors (Lipinski definition) is 8. The molecule has 0 aromatic heterocycles. The summed E-state index contributed by atoms with van der Waals surface area (Å²) in [4.78, 5) is 59.9. The second kappa shape index (κ2) is 15.9. The Kier molecular flexibility index (Phi) is 14.6. The highest BCUT2D eigenvalue weighted by molar-refractivity contribution is 5.96. The minimum absolute atomic E-state index is 0.223. The number of carbonyl (C=O) groups excluding carboxylic acids is 4. The van der Waals surface area contributed by atoms with E-state index in [4.69, 9.17) is 28.0 Å². The summed E-state index contributed by atoms with van der Waals surface area (Å²) in [6, 6.07) is -4.53. The van der Waals surface area contributed by atoms with Crippen molar-refractivity contribution in [2.24, 2.45) is 22.9 Å². The van der Waals surface area contributed by atoms with E-state index in [0.717, 1.165) is 0 Å². The van der Waals surface area contributed by atoms with Gasteiger partial charge in [-0.25, -0.2) is 0 Å². The van der Waals surface area contributed by atoms with E-state index in [2.05, 4.69) is 16.0 Å². The van der Waals surface area contributed by atoms with E-state index in [1.165, 1.54) is 6.92 Å². The molecule has 0 aromatic carbocycles. The van der Waals surface area contributed by atoms with Crippen molar-refractivity contribution in [2.45, 2.75) is 76.0 Å². The van der Waals surface area contributed by atoms with E-state index in [1.807, 2.05) is 0 Å². The van der Waals surface area contributed by atoms with Crippen LogP contribution in [0.25, 0.3) is 0 Å². The molecule has 0 saturated heterocycles. The number of nitrogens with two attached hydrogens (primary N) is 4. The van der Waals surface area contributed by atoms with Gasteiger partial charge >= 0.3 is 5.97 Å². The number of amides is 4. The second-order valence-electron chi connectivity index (χ2n) is 7.54. The van der Waals surface area contributed by atoms with Crippen LogP contribution in [0.2, 0.25) is 0 Å². The van der Waals surface area contributed by atoms with Crippen LogP contribution in [0.15, 0.2) is 0 Å². The van der Waals surface area contributed by atoms with Gasteiger partial charge in [0, 0.05) is 0 Å². The maximum Gasteiger partial charge on any atom is 0.325 e. The topological polar surface area (TPSA) is 246 Å². The predicted octanol–water partition coefficient (Wildman–Crippen LogP) is -2.99. The van der Waals surface area contributed by atoms with Crippen molar-refractivity contribution in [1.82, 2.24) is 16.0 Å². The Hall–Kier alpha value is -2.77. The van der Waals surface area contributed by atoms with Gasteiger partial charge in [0.2, 0.25) is 23.6 Å². The van der Waals surface area contributed by atoms with Gasteiger partial charge in [-0.15, -0.1) is 0 Å². The fourth-order valence-corrected chi connectivity index (χ4v) is 2.74. The molecular formula is C19H37N7O6. The lowest BCUT2D eigenvalue weighted by molar-refractivity contribution is -0.142. The van der Waals surface area contributed by atoms with Crippen molar-refractivity contribution in [3.63, 3.8) is 0 Å². The summed E-state index contributed by atoms with van der Waals surface area (Å²) in [6.07, 6.45) is 2.54. The molecule has 0 aliphatic rings. The Labute approximate surface area is 187 Å². The molecule has 0 rings (SSSR count). The normalized spacial score (nSPS) is 14.5. The van der Waals surface area contributed by atoms with Crippen LogP contribution < -0.4 is 38.9 Å². The van der Waals surface area contributed by atoms with Crippen molar-refractivity contribution in [1.29, 1.82) is 0 Å². The summed E-state index contributed by atoms with van der Waals surface area (Å²) < 4.78 is 0. The van der Waals surface area contributed by atoms with E-state index in [-0.39, 0.29) is 6.42 Å². The lowest BCUT2D eigenvalue weighted by Gasteiger charge is -2.24. The first-order valence-corrected chi connectivity index (χ1v) is 10.6. The van der Waals surface area contributed by atoms with Crippen LogP contribution in [0.1, 0.15) is 51.9 Å². The number of unbranched alkanes of at least 4 members (excludes halogenated alkanes) is 2. The van der Waals surface area contributed by atoms with Crippen LogP contribution in [0.4, 0.5) is 0 Å². The molecule has 0 fully saturated rings. The Bertz CT molecular complexity index is 646. The zero-order chi connectivity index (χ0) is 24.7. The molecule has 0 radical (unpaired) electrons. The summed E-state index contributed by atoms with van der Waals surface area (Å²) >= 11 is 0. The van der Waals surface area contributed by atoms with E-state index >= 15 is 0 Å². The van der Waals surface area contributed by atoms with Crippen molar-refractivity contribution in [3.05, 3.63) is 0 Å². The zero-order valence-electron chi connectivity index (χ0n) is 18.5. The Morgan fingerprint density at radius 2 is 1.28 bits per heavy atom. The predicted molar refractivity (Wildman–Crippen MR) is 117 cm³/mol. The Morgan fingerprint density at radius 3 is 1.78 bits per heavy atom. The standard InChI is InChI=1S/C19H37N7O6/c1-11(19(31)32)24-18(30)14(10-15(23)27)26-17(29)13(7-3-5-9-21)25-16(28)12(22)6-2-4-8-20/h11-14H,2-10,20-22H2,1H3,(H2,23,27)(H,24,30)(H,25,28)(H,26,29)(H,31,32). The average molecular weight is 460 g/mol. The fraction of sp³-hybridized carbons (Fsp3) is 0.737. The molecular weight excluding hydrogens is 422 g/mol. The maximum atomic E-state index is 12.8. The number of primary amides is 1. The molecule has 4 amide bonds. The first-order chi connectivity index (χ1) is 15.0. The molecule has 0 aromatic rings. The molecule has 0 spiro atoms. The summed E-state index contributed by atoms with van der Waals surface area (Å²) in [6.45, 7) is 2.09. The number of carboxylic acid groups (broad SMARTS) is 1. The lowest BCUT2D eigenvalue weighted by atomic mass is 10.0. The van der Waals surface area contributed by atoms with E-state index < -0.39 is 60.2 Å². The number of carboxylic acids is 1. The van der Waals surface area contributed by atoms with Crippen molar-refractivity contribution in [3.8, 4) is 0 Å². The number of aliphatic carboxylic acids is 1. The SMILES string of the molecule is CC(NC(=O)C(CC(N)=O)NC(=O)C(CCCCN)NC(=O)C(N)CCCCN)C(=O)O. The summed E-state index contributed by atoms with van der Waals surface area (Å²) in [5.41, 5.74) is 21.9. The average Bonchev–Trinajstić information content (AvgIpc) is 2.71. The molecule has 13 heteroatoms. The van der Waals surface area contributed by atoms with E-state index in [0.29, 0.717) is 45.2 Å². The summed E-state index contributed by atoms with van der Waals surface area (Å²) in [5.74, 6) is -4.33. The van der Waals surface area contributed by atoms with Gasteiger partial charge in [0.05, 0.1) is 12.5 Å². The van der Waals surface area contributed by atoms with Gasteiger partial charge in [-0.3, -0.25) is 24.0 Å². The summed E-state index contributed by atoms with van der Waals surface area (Å²) in [7, 11) is 0. The molecule has 4 unspecified atom stereocenters. The minimum Gasteiger partial charge on any atom is -0.480 e. The quantitative estimate of drug-likeness (QED) is 0.103. The highest BCUT2D eigenvalue weighted by Gasteiger charge is 2.30. The molecule has 12 N–H and O–H groups in total. The smallest absolute Gasteiger partial charge is 0.325 e. The van der Waals surface area contributed by atoms with Crippen molar-refractivity contribution < 1.29 is 29.1 Å². The first kappa shape index (κ1) is 29.2. The van der Waals surface area contributed by atoms with Gasteiger partial charge in [-0.05, 0) is 52.1 Å². The fourth-order valence-electron chi connectivity index (χ4n) is 2.74. The van der Waals surface area contributed by atoms with Crippen LogP contribution in [0.5, 0.6) is 0 Å². The van der Waals surface area contributed by atoms with E-state index in [9.17, 15) is 24.0 Å². The zero-order valence-corrected chi connectivity index (χ0v) is 18.5. The first-order valence-electron chi connectivity index (χ1n) is 10.6.